The van der Waals surface area contributed by atoms with Crippen molar-refractivity contribution >= 4 is 0 Å². The van der Waals surface area contributed by atoms with Crippen LogP contribution >= 0.6 is 0 Å². The molecule has 0 saturated carbocycles. The van der Waals surface area contributed by atoms with Gasteiger partial charge in [-0.2, -0.15) is 0 Å². The van der Waals surface area contributed by atoms with Crippen molar-refractivity contribution in [2.75, 3.05) is 13.1 Å². The molecule has 0 atom stereocenters. The lowest BCUT2D eigenvalue weighted by atomic mass is 10.2. The number of aromatic nitrogens is 4. The number of aromatic amines is 1. The quantitative estimate of drug-likeness (QED) is 0.551. The van der Waals surface area contributed by atoms with Gasteiger partial charge in [-0.3, -0.25) is 0 Å². The maximum Gasteiger partial charge on any atom is 0.135 e. The van der Waals surface area contributed by atoms with Crippen LogP contribution in [0.3, 0.4) is 0 Å². The first-order valence-electron chi connectivity index (χ1n) is 3.88. The van der Waals surface area contributed by atoms with E-state index in [2.05, 4.69) is 25.9 Å². The fraction of sp³-hybridized carbons (Fsp3) is 0.833. The van der Waals surface area contributed by atoms with Gasteiger partial charge >= 0.3 is 0 Å². The molecule has 0 aromatic carbocycles. The average Bonchev–Trinajstić information content (AvgIpc) is 2.64. The molecule has 2 heterocycles. The fourth-order valence-electron chi connectivity index (χ4n) is 0.931. The molecule has 0 amide bonds. The number of tetrazole rings is 1. The Hall–Kier alpha value is -0.970. The van der Waals surface area contributed by atoms with Crippen LogP contribution in [0.25, 0.3) is 0 Å². The molecule has 0 aliphatic carbocycles. The molecular weight excluding hydrogens is 142 g/mol. The highest BCUT2D eigenvalue weighted by atomic mass is 15.5. The minimum Gasteiger partial charge on any atom is -0.317 e. The van der Waals surface area contributed by atoms with Crippen LogP contribution in [0.5, 0.6) is 0 Å². The first kappa shape index (κ1) is 8.13. The van der Waals surface area contributed by atoms with Crippen LogP contribution < -0.4 is 5.32 Å². The zero-order valence-electron chi connectivity index (χ0n) is 6.45. The van der Waals surface area contributed by atoms with Gasteiger partial charge in [0.1, 0.15) is 6.33 Å². The van der Waals surface area contributed by atoms with Crippen molar-refractivity contribution in [3.05, 3.63) is 6.33 Å². The van der Waals surface area contributed by atoms with Gasteiger partial charge in [-0.25, -0.2) is 5.10 Å². The summed E-state index contributed by atoms with van der Waals surface area (Å²) in [6, 6.07) is 0. The van der Waals surface area contributed by atoms with E-state index in [1.807, 2.05) is 0 Å². The summed E-state index contributed by atoms with van der Waals surface area (Å²) in [7, 11) is 0. The molecule has 1 aromatic rings. The summed E-state index contributed by atoms with van der Waals surface area (Å²) in [4.78, 5) is 0. The third-order valence-electron chi connectivity index (χ3n) is 1.48. The lowest BCUT2D eigenvalue weighted by molar-refractivity contribution is 0.520. The molecule has 2 rings (SSSR count). The maximum atomic E-state index is 3.31. The Labute approximate surface area is 65.6 Å². The molecular formula is C6H13N5. The summed E-state index contributed by atoms with van der Waals surface area (Å²) in [5, 5.41) is 15.4. The van der Waals surface area contributed by atoms with E-state index < -0.39 is 0 Å². The molecule has 0 bridgehead atoms. The number of hydrogen-bond donors (Lipinski definition) is 2. The molecule has 0 spiro atoms. The van der Waals surface area contributed by atoms with Gasteiger partial charge in [-0.15, -0.1) is 5.10 Å². The van der Waals surface area contributed by atoms with Crippen LogP contribution in [0, 0.1) is 0 Å². The first-order valence-corrected chi connectivity index (χ1v) is 3.88. The van der Waals surface area contributed by atoms with Crippen molar-refractivity contribution in [3.63, 3.8) is 0 Å². The number of rotatable bonds is 0. The van der Waals surface area contributed by atoms with Gasteiger partial charge < -0.3 is 5.32 Å². The van der Waals surface area contributed by atoms with Crippen LogP contribution in [-0.4, -0.2) is 33.7 Å². The third-order valence-corrected chi connectivity index (χ3v) is 1.48. The van der Waals surface area contributed by atoms with E-state index in [-0.39, 0.29) is 0 Å². The van der Waals surface area contributed by atoms with Crippen molar-refractivity contribution < 1.29 is 0 Å². The van der Waals surface area contributed by atoms with Crippen LogP contribution in [0.2, 0.25) is 0 Å². The molecule has 1 fully saturated rings. The highest BCUT2D eigenvalue weighted by Crippen LogP contribution is 1.96. The van der Waals surface area contributed by atoms with Crippen molar-refractivity contribution in [3.8, 4) is 0 Å². The van der Waals surface area contributed by atoms with E-state index in [1.54, 1.807) is 0 Å². The first-order chi connectivity index (χ1) is 5.50. The van der Waals surface area contributed by atoms with Gasteiger partial charge in [0.25, 0.3) is 0 Å². The van der Waals surface area contributed by atoms with Crippen LogP contribution in [0.4, 0.5) is 0 Å². The van der Waals surface area contributed by atoms with E-state index in [9.17, 15) is 0 Å². The topological polar surface area (TPSA) is 66.5 Å². The van der Waals surface area contributed by atoms with E-state index in [0.717, 1.165) is 0 Å². The molecule has 62 valence electrons. The molecule has 1 saturated heterocycles. The minimum atomic E-state index is 1.25. The van der Waals surface area contributed by atoms with Gasteiger partial charge in [-0.1, -0.05) is 6.42 Å². The van der Waals surface area contributed by atoms with Crippen molar-refractivity contribution in [2.24, 2.45) is 0 Å². The summed E-state index contributed by atoms with van der Waals surface area (Å²) in [6.45, 7) is 2.50. The Morgan fingerprint density at radius 3 is 2.09 bits per heavy atom. The fourth-order valence-corrected chi connectivity index (χ4v) is 0.931. The van der Waals surface area contributed by atoms with Crippen molar-refractivity contribution in [1.29, 1.82) is 0 Å². The smallest absolute Gasteiger partial charge is 0.135 e. The summed E-state index contributed by atoms with van der Waals surface area (Å²) in [5.41, 5.74) is 0. The number of nitrogens with one attached hydrogen (secondary N) is 2. The zero-order valence-corrected chi connectivity index (χ0v) is 6.45. The Kier molecular flexibility index (Phi) is 4.28. The van der Waals surface area contributed by atoms with Crippen LogP contribution in [0.1, 0.15) is 19.3 Å². The number of nitrogens with zero attached hydrogens (tertiary/aromatic N) is 3. The standard InChI is InChI=1S/C5H11N.CH2N4/c1-2-4-6-5-3-1;1-2-4-5-3-1/h6H,1-5H2;1H,(H,2,3,4,5). The monoisotopic (exact) mass is 155 g/mol. The molecule has 0 radical (unpaired) electrons. The van der Waals surface area contributed by atoms with Gasteiger partial charge in [-0.05, 0) is 36.4 Å². The summed E-state index contributed by atoms with van der Waals surface area (Å²) < 4.78 is 0. The lowest BCUT2D eigenvalue weighted by Crippen LogP contribution is -2.21. The summed E-state index contributed by atoms with van der Waals surface area (Å²) in [5.74, 6) is 0. The molecule has 1 aliphatic rings. The number of H-pyrrole nitrogens is 1. The van der Waals surface area contributed by atoms with E-state index >= 15 is 0 Å². The second-order valence-corrected chi connectivity index (χ2v) is 2.37. The van der Waals surface area contributed by atoms with Crippen molar-refractivity contribution in [1.82, 2.24) is 25.9 Å². The predicted octanol–water partition coefficient (Wildman–Crippen LogP) is -0.0404. The second-order valence-electron chi connectivity index (χ2n) is 2.37. The second kappa shape index (κ2) is 5.79. The SMILES string of the molecule is C1CCNCC1.c1nnn[nH]1. The van der Waals surface area contributed by atoms with Crippen molar-refractivity contribution in [2.45, 2.75) is 19.3 Å². The lowest BCUT2D eigenvalue weighted by Gasteiger charge is -2.08. The third kappa shape index (κ3) is 4.44. The van der Waals surface area contributed by atoms with Gasteiger partial charge in [0.2, 0.25) is 0 Å². The molecule has 1 aromatic heterocycles. The van der Waals surface area contributed by atoms with Crippen LogP contribution in [0.15, 0.2) is 6.33 Å². The number of piperidine rings is 1. The van der Waals surface area contributed by atoms with Crippen LogP contribution in [-0.2, 0) is 0 Å². The molecule has 2 N–H and O–H groups in total. The molecule has 1 aliphatic heterocycles. The van der Waals surface area contributed by atoms with Gasteiger partial charge in [0.05, 0.1) is 0 Å². The Morgan fingerprint density at radius 2 is 1.91 bits per heavy atom. The highest BCUT2D eigenvalue weighted by Gasteiger charge is 1.93. The molecule has 11 heavy (non-hydrogen) atoms. The highest BCUT2D eigenvalue weighted by molar-refractivity contribution is 4.55. The Morgan fingerprint density at radius 1 is 1.09 bits per heavy atom. The Bertz CT molecular complexity index is 117. The van der Waals surface area contributed by atoms with E-state index in [1.165, 1.54) is 38.7 Å². The largest absolute Gasteiger partial charge is 0.317 e. The zero-order chi connectivity index (χ0) is 7.78. The normalized spacial score (nSPS) is 16.7. The van der Waals surface area contributed by atoms with Gasteiger partial charge in [0.15, 0.2) is 0 Å². The minimum absolute atomic E-state index is 1.25. The van der Waals surface area contributed by atoms with Gasteiger partial charge in [0, 0.05) is 0 Å². The summed E-state index contributed by atoms with van der Waals surface area (Å²) in [6.07, 6.45) is 5.62. The predicted molar refractivity (Wildman–Crippen MR) is 40.9 cm³/mol. The molecule has 5 heteroatoms. The molecule has 5 nitrogen and oxygen atoms in total. The Balaban J connectivity index is 0.000000112. The molecule has 0 unspecified atom stereocenters. The summed E-state index contributed by atoms with van der Waals surface area (Å²) >= 11 is 0. The average molecular weight is 155 g/mol. The van der Waals surface area contributed by atoms with E-state index in [4.69, 9.17) is 0 Å². The maximum absolute atomic E-state index is 3.31. The van der Waals surface area contributed by atoms with E-state index in [0.29, 0.717) is 0 Å². The number of hydrogen-bond acceptors (Lipinski definition) is 4.